The van der Waals surface area contributed by atoms with E-state index < -0.39 is 5.92 Å². The van der Waals surface area contributed by atoms with Crippen molar-refractivity contribution in [3.63, 3.8) is 0 Å². The van der Waals surface area contributed by atoms with Crippen molar-refractivity contribution >= 4 is 11.4 Å². The van der Waals surface area contributed by atoms with Crippen molar-refractivity contribution in [3.8, 4) is 17.4 Å². The molecule has 5 heterocycles. The first-order valence-corrected chi connectivity index (χ1v) is 10.1. The molecule has 2 aliphatic rings. The number of furan rings is 1. The van der Waals surface area contributed by atoms with E-state index in [4.69, 9.17) is 14.1 Å². The number of pyridine rings is 1. The fraction of sp³-hybridized carbons (Fsp3) is 0.261. The maximum absolute atomic E-state index is 13.3. The summed E-state index contributed by atoms with van der Waals surface area (Å²) in [7, 11) is 0. The van der Waals surface area contributed by atoms with Gasteiger partial charge in [-0.1, -0.05) is 19.9 Å². The molecule has 1 aliphatic heterocycles. The molecule has 0 amide bonds. The van der Waals surface area contributed by atoms with Crippen LogP contribution in [0.15, 0.2) is 64.9 Å². The van der Waals surface area contributed by atoms with E-state index in [1.807, 2.05) is 30.3 Å². The summed E-state index contributed by atoms with van der Waals surface area (Å²) in [5.41, 5.74) is 2.35. The molecule has 0 N–H and O–H groups in total. The van der Waals surface area contributed by atoms with Gasteiger partial charge in [0.2, 0.25) is 11.7 Å². The maximum atomic E-state index is 13.3. The van der Waals surface area contributed by atoms with Crippen molar-refractivity contribution < 1.29 is 13.9 Å². The van der Waals surface area contributed by atoms with Crippen molar-refractivity contribution in [2.24, 2.45) is 5.41 Å². The highest BCUT2D eigenvalue weighted by Gasteiger charge is 2.45. The standard InChI is InChI=1S/C23H19N5O3/c1-23(2)10-14(29)17-16(11-23)31-22-19(18(17)15-7-5-9-30-15)21-26-20(27-28(21)12-25-22)13-6-3-4-8-24-13/h3-9,12,18H,10-11H2,1-2H3/t18-/m1/s1. The molecule has 1 atom stereocenters. The first-order valence-electron chi connectivity index (χ1n) is 10.1. The molecule has 31 heavy (non-hydrogen) atoms. The van der Waals surface area contributed by atoms with Gasteiger partial charge in [0.1, 0.15) is 23.5 Å². The molecule has 0 saturated carbocycles. The van der Waals surface area contributed by atoms with Crippen molar-refractivity contribution in [1.29, 1.82) is 0 Å². The number of rotatable bonds is 2. The van der Waals surface area contributed by atoms with Gasteiger partial charge >= 0.3 is 0 Å². The first kappa shape index (κ1) is 18.0. The lowest BCUT2D eigenvalue weighted by atomic mass is 9.71. The lowest BCUT2D eigenvalue weighted by molar-refractivity contribution is -0.118. The van der Waals surface area contributed by atoms with Gasteiger partial charge in [-0.2, -0.15) is 0 Å². The zero-order valence-electron chi connectivity index (χ0n) is 17.1. The van der Waals surface area contributed by atoms with Crippen LogP contribution in [0, 0.1) is 5.41 Å². The average Bonchev–Trinajstić information content (AvgIpc) is 3.42. The summed E-state index contributed by atoms with van der Waals surface area (Å²) in [6.45, 7) is 4.15. The van der Waals surface area contributed by atoms with Crippen molar-refractivity contribution in [3.05, 3.63) is 71.8 Å². The predicted molar refractivity (Wildman–Crippen MR) is 110 cm³/mol. The summed E-state index contributed by atoms with van der Waals surface area (Å²) in [4.78, 5) is 26.9. The van der Waals surface area contributed by atoms with E-state index in [1.54, 1.807) is 23.3 Å². The third-order valence-electron chi connectivity index (χ3n) is 5.78. The highest BCUT2D eigenvalue weighted by molar-refractivity contribution is 6.00. The van der Waals surface area contributed by atoms with Crippen LogP contribution in [0.4, 0.5) is 0 Å². The summed E-state index contributed by atoms with van der Waals surface area (Å²) in [6.07, 6.45) is 5.99. The average molecular weight is 413 g/mol. The van der Waals surface area contributed by atoms with Gasteiger partial charge < -0.3 is 9.15 Å². The van der Waals surface area contributed by atoms with Crippen LogP contribution >= 0.6 is 0 Å². The second-order valence-electron chi connectivity index (χ2n) is 8.71. The molecule has 0 fully saturated rings. The first-order chi connectivity index (χ1) is 15.0. The zero-order chi connectivity index (χ0) is 21.2. The lowest BCUT2D eigenvalue weighted by Gasteiger charge is -2.36. The SMILES string of the molecule is CC1(C)CC(=O)C2=C(C1)Oc1ncn3nc(-c4ccccn4)nc3c1[C@@H]2c1ccco1. The number of ketones is 1. The summed E-state index contributed by atoms with van der Waals surface area (Å²) in [6, 6.07) is 9.27. The Hall–Kier alpha value is -3.81. The van der Waals surface area contributed by atoms with Gasteiger partial charge in [-0.3, -0.25) is 9.78 Å². The smallest absolute Gasteiger partial charge is 0.228 e. The third kappa shape index (κ3) is 2.78. The van der Waals surface area contributed by atoms with Gasteiger partial charge in [-0.25, -0.2) is 14.5 Å². The molecule has 0 bridgehead atoms. The van der Waals surface area contributed by atoms with Gasteiger partial charge in [0.05, 0.1) is 17.7 Å². The van der Waals surface area contributed by atoms with Crippen molar-refractivity contribution in [2.45, 2.75) is 32.6 Å². The van der Waals surface area contributed by atoms with E-state index in [2.05, 4.69) is 28.9 Å². The summed E-state index contributed by atoms with van der Waals surface area (Å²) >= 11 is 0. The second-order valence-corrected chi connectivity index (χ2v) is 8.71. The molecule has 0 radical (unpaired) electrons. The number of ether oxygens (including phenoxy) is 1. The van der Waals surface area contributed by atoms with Crippen LogP contribution in [0.3, 0.4) is 0 Å². The number of aromatic nitrogens is 5. The molecule has 4 aromatic rings. The number of hydrogen-bond donors (Lipinski definition) is 0. The molecular weight excluding hydrogens is 394 g/mol. The molecule has 1 aliphatic carbocycles. The van der Waals surface area contributed by atoms with Crippen LogP contribution in [-0.4, -0.2) is 30.3 Å². The Labute approximate surface area is 177 Å². The number of hydrogen-bond acceptors (Lipinski definition) is 7. The van der Waals surface area contributed by atoms with Gasteiger partial charge in [0.25, 0.3) is 0 Å². The third-order valence-corrected chi connectivity index (χ3v) is 5.78. The number of nitrogens with zero attached hydrogens (tertiary/aromatic N) is 5. The minimum atomic E-state index is -0.450. The molecule has 6 rings (SSSR count). The van der Waals surface area contributed by atoms with Crippen LogP contribution < -0.4 is 4.74 Å². The molecule has 0 spiro atoms. The van der Waals surface area contributed by atoms with Gasteiger partial charge in [-0.15, -0.1) is 5.10 Å². The number of carbonyl (C=O) groups excluding carboxylic acids is 1. The molecule has 4 aromatic heterocycles. The van der Waals surface area contributed by atoms with E-state index in [1.165, 1.54) is 0 Å². The highest BCUT2D eigenvalue weighted by atomic mass is 16.5. The molecular formula is C23H19N5O3. The Morgan fingerprint density at radius 2 is 2.03 bits per heavy atom. The maximum Gasteiger partial charge on any atom is 0.228 e. The molecule has 154 valence electrons. The van der Waals surface area contributed by atoms with Crippen LogP contribution in [0.2, 0.25) is 0 Å². The Balaban J connectivity index is 1.60. The Kier molecular flexibility index (Phi) is 3.68. The Morgan fingerprint density at radius 3 is 2.81 bits per heavy atom. The van der Waals surface area contributed by atoms with Crippen LogP contribution in [0.1, 0.15) is 43.9 Å². The number of Topliss-reactive ketones (excluding diaryl/α,β-unsaturated/α-hetero) is 1. The van der Waals surface area contributed by atoms with Gasteiger partial charge in [0.15, 0.2) is 11.4 Å². The van der Waals surface area contributed by atoms with E-state index in [9.17, 15) is 4.79 Å². The van der Waals surface area contributed by atoms with E-state index in [-0.39, 0.29) is 11.2 Å². The second kappa shape index (κ2) is 6.34. The molecule has 8 nitrogen and oxygen atoms in total. The fourth-order valence-electron chi connectivity index (χ4n) is 4.49. The topological polar surface area (TPSA) is 95.4 Å². The largest absolute Gasteiger partial charge is 0.468 e. The monoisotopic (exact) mass is 413 g/mol. The number of fused-ring (bicyclic) bond motifs is 3. The van der Waals surface area contributed by atoms with Crippen molar-refractivity contribution in [1.82, 2.24) is 24.6 Å². The summed E-state index contributed by atoms with van der Waals surface area (Å²) in [5, 5.41) is 4.55. The molecule has 8 heteroatoms. The quantitative estimate of drug-likeness (QED) is 0.491. The minimum absolute atomic E-state index is 0.0600. The zero-order valence-corrected chi connectivity index (χ0v) is 17.1. The number of allylic oxidation sites excluding steroid dienone is 2. The van der Waals surface area contributed by atoms with E-state index in [0.717, 1.165) is 0 Å². The Bertz CT molecular complexity index is 1350. The molecule has 0 aromatic carbocycles. The Morgan fingerprint density at radius 1 is 1.13 bits per heavy atom. The van der Waals surface area contributed by atoms with Gasteiger partial charge in [-0.05, 0) is 29.7 Å². The van der Waals surface area contributed by atoms with Crippen LogP contribution in [-0.2, 0) is 4.79 Å². The minimum Gasteiger partial charge on any atom is -0.468 e. The number of carbonyl (C=O) groups is 1. The van der Waals surface area contributed by atoms with Crippen LogP contribution in [0.5, 0.6) is 5.88 Å². The predicted octanol–water partition coefficient (Wildman–Crippen LogP) is 3.95. The molecule has 0 unspecified atom stereocenters. The molecule has 0 saturated heterocycles. The van der Waals surface area contributed by atoms with E-state index >= 15 is 0 Å². The summed E-state index contributed by atoms with van der Waals surface area (Å²) < 4.78 is 13.6. The van der Waals surface area contributed by atoms with Crippen LogP contribution in [0.25, 0.3) is 17.2 Å². The normalized spacial score (nSPS) is 19.8. The lowest BCUT2D eigenvalue weighted by Crippen LogP contribution is -2.33. The van der Waals surface area contributed by atoms with Crippen molar-refractivity contribution in [2.75, 3.05) is 0 Å². The van der Waals surface area contributed by atoms with Gasteiger partial charge in [0, 0.05) is 24.6 Å². The fourth-order valence-corrected chi connectivity index (χ4v) is 4.49. The van der Waals surface area contributed by atoms with E-state index in [0.29, 0.717) is 58.5 Å². The highest BCUT2D eigenvalue weighted by Crippen LogP contribution is 2.50. The summed E-state index contributed by atoms with van der Waals surface area (Å²) in [5.74, 6) is 1.83.